The third-order valence-corrected chi connectivity index (χ3v) is 7.29. The first-order valence-corrected chi connectivity index (χ1v) is 14.4. The third-order valence-electron chi connectivity index (χ3n) is 6.25. The molecular formula is C31H39N5O3S. The minimum Gasteiger partial charge on any atom is -0.349 e. The monoisotopic (exact) mass is 561 g/mol. The SMILES string of the molecule is CCC(=O)N[C@@H](Cc1nc2ccc(C(C)C)cc2s1)C(=O)N[C@H](CNC(=O)C#CCN(C)C)Cc1ccccc1. The molecule has 9 heteroatoms. The Hall–Kier alpha value is -3.74. The van der Waals surface area contributed by atoms with Crippen LogP contribution in [-0.4, -0.2) is 66.9 Å². The summed E-state index contributed by atoms with van der Waals surface area (Å²) in [4.78, 5) is 44.8. The second-order valence-electron chi connectivity index (χ2n) is 10.3. The van der Waals surface area contributed by atoms with E-state index in [1.165, 1.54) is 16.9 Å². The molecule has 8 nitrogen and oxygen atoms in total. The lowest BCUT2D eigenvalue weighted by Crippen LogP contribution is -2.53. The van der Waals surface area contributed by atoms with Crippen LogP contribution in [-0.2, 0) is 27.2 Å². The van der Waals surface area contributed by atoms with Crippen LogP contribution in [0.2, 0.25) is 0 Å². The molecule has 0 radical (unpaired) electrons. The van der Waals surface area contributed by atoms with Gasteiger partial charge in [-0.15, -0.1) is 11.3 Å². The van der Waals surface area contributed by atoms with E-state index in [9.17, 15) is 14.4 Å². The maximum Gasteiger partial charge on any atom is 0.296 e. The van der Waals surface area contributed by atoms with Crippen LogP contribution in [0.4, 0.5) is 0 Å². The first-order chi connectivity index (χ1) is 19.1. The predicted octanol–water partition coefficient (Wildman–Crippen LogP) is 3.27. The van der Waals surface area contributed by atoms with Crippen molar-refractivity contribution in [2.75, 3.05) is 27.2 Å². The highest BCUT2D eigenvalue weighted by Gasteiger charge is 2.25. The maximum atomic E-state index is 13.6. The lowest BCUT2D eigenvalue weighted by molar-refractivity contribution is -0.129. The van der Waals surface area contributed by atoms with E-state index >= 15 is 0 Å². The van der Waals surface area contributed by atoms with Crippen molar-refractivity contribution in [1.82, 2.24) is 25.8 Å². The summed E-state index contributed by atoms with van der Waals surface area (Å²) in [7, 11) is 3.76. The highest BCUT2D eigenvalue weighted by atomic mass is 32.1. The van der Waals surface area contributed by atoms with Gasteiger partial charge in [0.15, 0.2) is 0 Å². The van der Waals surface area contributed by atoms with Gasteiger partial charge in [-0.1, -0.05) is 63.1 Å². The normalized spacial score (nSPS) is 12.5. The Balaban J connectivity index is 1.77. The van der Waals surface area contributed by atoms with Gasteiger partial charge >= 0.3 is 0 Å². The van der Waals surface area contributed by atoms with Crippen molar-refractivity contribution >= 4 is 39.3 Å². The predicted molar refractivity (Wildman–Crippen MR) is 161 cm³/mol. The molecule has 0 saturated heterocycles. The number of benzene rings is 2. The number of carbonyl (C=O) groups excluding carboxylic acids is 3. The Morgan fingerprint density at radius 2 is 1.77 bits per heavy atom. The molecule has 0 saturated carbocycles. The van der Waals surface area contributed by atoms with Gasteiger partial charge < -0.3 is 16.0 Å². The van der Waals surface area contributed by atoms with E-state index in [1.807, 2.05) is 55.4 Å². The molecule has 212 valence electrons. The van der Waals surface area contributed by atoms with E-state index in [0.29, 0.717) is 18.9 Å². The van der Waals surface area contributed by atoms with Crippen LogP contribution in [0.15, 0.2) is 48.5 Å². The standard InChI is InChI=1S/C31H39N5O3S/c1-6-28(37)34-26(19-30-35-25-15-14-23(21(2)3)18-27(25)40-30)31(39)33-24(17-22-11-8-7-9-12-22)20-32-29(38)13-10-16-36(4)5/h7-9,11-12,14-15,18,21,24,26H,6,16-17,19-20H2,1-5H3,(H,32,38)(H,33,39)(H,34,37)/t24-,26-/m0/s1. The van der Waals surface area contributed by atoms with Gasteiger partial charge in [-0.25, -0.2) is 4.98 Å². The molecule has 1 heterocycles. The van der Waals surface area contributed by atoms with Gasteiger partial charge in [0.1, 0.15) is 6.04 Å². The first-order valence-electron chi connectivity index (χ1n) is 13.6. The van der Waals surface area contributed by atoms with Crippen molar-refractivity contribution < 1.29 is 14.4 Å². The molecule has 0 aliphatic rings. The topological polar surface area (TPSA) is 103 Å². The molecule has 3 rings (SSSR count). The van der Waals surface area contributed by atoms with Crippen molar-refractivity contribution in [2.24, 2.45) is 0 Å². The number of hydrogen-bond donors (Lipinski definition) is 3. The van der Waals surface area contributed by atoms with Crippen LogP contribution >= 0.6 is 11.3 Å². The third kappa shape index (κ3) is 9.78. The number of rotatable bonds is 12. The Kier molecular flexibility index (Phi) is 11.7. The quantitative estimate of drug-likeness (QED) is 0.295. The number of fused-ring (bicyclic) bond motifs is 1. The number of amides is 3. The fraction of sp³-hybridized carbons (Fsp3) is 0.419. The Morgan fingerprint density at radius 1 is 1.02 bits per heavy atom. The van der Waals surface area contributed by atoms with E-state index in [4.69, 9.17) is 4.98 Å². The molecule has 40 heavy (non-hydrogen) atoms. The van der Waals surface area contributed by atoms with E-state index in [2.05, 4.69) is 53.8 Å². The fourth-order valence-corrected chi connectivity index (χ4v) is 5.09. The molecule has 2 atom stereocenters. The van der Waals surface area contributed by atoms with Crippen LogP contribution in [0, 0.1) is 11.8 Å². The number of hydrogen-bond acceptors (Lipinski definition) is 6. The number of carbonyl (C=O) groups is 3. The summed E-state index contributed by atoms with van der Waals surface area (Å²) in [6.45, 7) is 6.72. The summed E-state index contributed by atoms with van der Waals surface area (Å²) in [6, 6.07) is 14.8. The average molecular weight is 562 g/mol. The number of aromatic nitrogens is 1. The minimum absolute atomic E-state index is 0.198. The van der Waals surface area contributed by atoms with E-state index in [0.717, 1.165) is 20.8 Å². The largest absolute Gasteiger partial charge is 0.349 e. The molecule has 3 amide bonds. The zero-order valence-electron chi connectivity index (χ0n) is 23.9. The summed E-state index contributed by atoms with van der Waals surface area (Å²) in [5, 5.41) is 9.50. The van der Waals surface area contributed by atoms with Gasteiger partial charge in [-0.2, -0.15) is 0 Å². The molecule has 0 fully saturated rings. The summed E-state index contributed by atoms with van der Waals surface area (Å²) in [5.74, 6) is 4.86. The minimum atomic E-state index is -0.800. The summed E-state index contributed by atoms with van der Waals surface area (Å²) < 4.78 is 1.06. The molecule has 3 N–H and O–H groups in total. The van der Waals surface area contributed by atoms with Gasteiger partial charge in [0.2, 0.25) is 11.8 Å². The average Bonchev–Trinajstić information content (AvgIpc) is 3.33. The number of nitrogens with one attached hydrogen (secondary N) is 3. The Labute approximate surface area is 240 Å². The smallest absolute Gasteiger partial charge is 0.296 e. The van der Waals surface area contributed by atoms with Gasteiger partial charge in [-0.3, -0.25) is 19.3 Å². The van der Waals surface area contributed by atoms with E-state index < -0.39 is 18.0 Å². The fourth-order valence-electron chi connectivity index (χ4n) is 4.03. The van der Waals surface area contributed by atoms with Crippen LogP contribution in [0.1, 0.15) is 49.2 Å². The molecule has 0 aliphatic carbocycles. The molecular weight excluding hydrogens is 522 g/mol. The first kappa shape index (κ1) is 30.8. The summed E-state index contributed by atoms with van der Waals surface area (Å²) in [6.07, 6.45) is 1.04. The summed E-state index contributed by atoms with van der Waals surface area (Å²) in [5.41, 5.74) is 3.13. The van der Waals surface area contributed by atoms with Gasteiger partial charge in [0.05, 0.1) is 27.8 Å². The Morgan fingerprint density at radius 3 is 2.45 bits per heavy atom. The van der Waals surface area contributed by atoms with Gasteiger partial charge in [-0.05, 0) is 55.6 Å². The molecule has 2 aromatic carbocycles. The van der Waals surface area contributed by atoms with Crippen molar-refractivity contribution in [3.8, 4) is 11.8 Å². The van der Waals surface area contributed by atoms with Gasteiger partial charge in [0, 0.05) is 19.4 Å². The highest BCUT2D eigenvalue weighted by molar-refractivity contribution is 7.18. The van der Waals surface area contributed by atoms with Gasteiger partial charge in [0.25, 0.3) is 5.91 Å². The number of thiazole rings is 1. The van der Waals surface area contributed by atoms with Crippen molar-refractivity contribution in [1.29, 1.82) is 0 Å². The molecule has 0 unspecified atom stereocenters. The van der Waals surface area contributed by atoms with E-state index in [-0.39, 0.29) is 31.2 Å². The lowest BCUT2D eigenvalue weighted by atomic mass is 10.0. The van der Waals surface area contributed by atoms with Crippen molar-refractivity contribution in [3.63, 3.8) is 0 Å². The second kappa shape index (κ2) is 15.2. The maximum absolute atomic E-state index is 13.6. The molecule has 0 aliphatic heterocycles. The van der Waals surface area contributed by atoms with Crippen LogP contribution in [0.5, 0.6) is 0 Å². The van der Waals surface area contributed by atoms with Crippen LogP contribution in [0.3, 0.4) is 0 Å². The zero-order chi connectivity index (χ0) is 29.1. The Bertz CT molecular complexity index is 1360. The lowest BCUT2D eigenvalue weighted by Gasteiger charge is -2.23. The number of nitrogens with zero attached hydrogens (tertiary/aromatic N) is 2. The van der Waals surface area contributed by atoms with E-state index in [1.54, 1.807) is 6.92 Å². The van der Waals surface area contributed by atoms with Crippen molar-refractivity contribution in [2.45, 2.75) is 58.0 Å². The van der Waals surface area contributed by atoms with Crippen LogP contribution < -0.4 is 16.0 Å². The zero-order valence-corrected chi connectivity index (χ0v) is 24.7. The summed E-state index contributed by atoms with van der Waals surface area (Å²) >= 11 is 1.54. The highest BCUT2D eigenvalue weighted by Crippen LogP contribution is 2.27. The molecule has 1 aromatic heterocycles. The molecule has 0 spiro atoms. The molecule has 3 aromatic rings. The second-order valence-corrected chi connectivity index (χ2v) is 11.4. The molecule has 0 bridgehead atoms. The van der Waals surface area contributed by atoms with Crippen LogP contribution in [0.25, 0.3) is 10.2 Å². The van der Waals surface area contributed by atoms with Crippen molar-refractivity contribution in [3.05, 3.63) is 64.7 Å².